The molecule has 1 aromatic heterocycles. The molecule has 5 heteroatoms. The van der Waals surface area contributed by atoms with Gasteiger partial charge in [-0.2, -0.15) is 0 Å². The summed E-state index contributed by atoms with van der Waals surface area (Å²) in [7, 11) is 3.16. The van der Waals surface area contributed by atoms with Crippen molar-refractivity contribution in [1.29, 1.82) is 0 Å². The number of hydrogen-bond acceptors (Lipinski definition) is 4. The summed E-state index contributed by atoms with van der Waals surface area (Å²) < 4.78 is 10.9. The Morgan fingerprint density at radius 3 is 2.58 bits per heavy atom. The molecule has 0 aromatic carbocycles. The fourth-order valence-corrected chi connectivity index (χ4v) is 1.42. The van der Waals surface area contributed by atoms with Crippen molar-refractivity contribution in [1.82, 2.24) is 9.97 Å². The van der Waals surface area contributed by atoms with Gasteiger partial charge in [-0.05, 0) is 0 Å². The van der Waals surface area contributed by atoms with Crippen molar-refractivity contribution in [3.05, 3.63) is 18.0 Å². The molecule has 4 nitrogen and oxygen atoms in total. The summed E-state index contributed by atoms with van der Waals surface area (Å²) in [4.78, 5) is 8.20. The van der Waals surface area contributed by atoms with Crippen LogP contribution in [0.1, 0.15) is 12.0 Å². The molecule has 3 radical (unpaired) electrons. The first-order valence-electron chi connectivity index (χ1n) is 3.38. The van der Waals surface area contributed by atoms with E-state index in [4.69, 9.17) is 9.47 Å². The van der Waals surface area contributed by atoms with Crippen LogP contribution in [0.3, 0.4) is 0 Å². The third-order valence-electron chi connectivity index (χ3n) is 1.35. The van der Waals surface area contributed by atoms with Gasteiger partial charge in [-0.3, -0.25) is 0 Å². The zero-order chi connectivity index (χ0) is 8.97. The van der Waals surface area contributed by atoms with Gasteiger partial charge in [0, 0.05) is 0 Å². The molecule has 63 valence electrons. The first-order chi connectivity index (χ1) is 5.77. The summed E-state index contributed by atoms with van der Waals surface area (Å²) in [5, 5.41) is 0. The van der Waals surface area contributed by atoms with E-state index in [2.05, 4.69) is 9.97 Å². The van der Waals surface area contributed by atoms with Gasteiger partial charge in [-0.1, -0.05) is 0 Å². The quantitative estimate of drug-likeness (QED) is 0.553. The fourth-order valence-electron chi connectivity index (χ4n) is 0.842. The van der Waals surface area contributed by atoms with Crippen molar-refractivity contribution in [2.45, 2.75) is 6.29 Å². The normalized spacial score (nSPS) is 10.7. The minimum absolute atomic E-state index is 0.382. The second-order valence-corrected chi connectivity index (χ2v) is 3.38. The van der Waals surface area contributed by atoms with Crippen molar-refractivity contribution in [2.75, 3.05) is 14.2 Å². The average Bonchev–Trinajstić information content (AvgIpc) is 2.07. The van der Waals surface area contributed by atoms with E-state index in [9.17, 15) is 0 Å². The molecule has 0 fully saturated rings. The molecule has 1 heterocycles. The number of nitrogens with zero attached hydrogens (tertiary/aromatic N) is 2. The van der Waals surface area contributed by atoms with Crippen LogP contribution in [0.25, 0.3) is 0 Å². The van der Waals surface area contributed by atoms with Crippen molar-refractivity contribution in [3.63, 3.8) is 0 Å². The fraction of sp³-hybridized carbons (Fsp3) is 0.429. The Labute approximate surface area is 84.4 Å². The molecule has 0 amide bonds. The molecule has 0 aliphatic rings. The second kappa shape index (κ2) is 4.73. The van der Waals surface area contributed by atoms with E-state index >= 15 is 0 Å². The first kappa shape index (κ1) is 9.88. The Kier molecular flexibility index (Phi) is 3.90. The second-order valence-electron chi connectivity index (χ2n) is 2.11. The third-order valence-corrected chi connectivity index (χ3v) is 2.03. The Morgan fingerprint density at radius 1 is 1.42 bits per heavy atom. The summed E-state index contributed by atoms with van der Waals surface area (Å²) >= 11 is 1.19. The van der Waals surface area contributed by atoms with E-state index in [1.807, 2.05) is 0 Å². The molecule has 0 bridgehead atoms. The molecule has 0 N–H and O–H groups in total. The van der Waals surface area contributed by atoms with Crippen LogP contribution in [0, 0.1) is 0 Å². The van der Waals surface area contributed by atoms with Crippen LogP contribution in [0.4, 0.5) is 0 Å². The Balaban J connectivity index is 2.85. The van der Waals surface area contributed by atoms with E-state index < -0.39 is 0 Å². The van der Waals surface area contributed by atoms with Gasteiger partial charge in [-0.15, -0.1) is 0 Å². The summed E-state index contributed by atoms with van der Waals surface area (Å²) in [6, 6.07) is 1.78. The molecular formula is C7H9N2O2Sn. The van der Waals surface area contributed by atoms with Crippen LogP contribution in [0.15, 0.2) is 12.3 Å². The molecular weight excluding hydrogens is 263 g/mol. The minimum atomic E-state index is -0.382. The molecule has 1 aromatic rings. The number of methoxy groups -OCH3 is 2. The van der Waals surface area contributed by atoms with E-state index in [0.29, 0.717) is 0 Å². The number of hydrogen-bond donors (Lipinski definition) is 0. The van der Waals surface area contributed by atoms with E-state index in [-0.39, 0.29) is 6.29 Å². The number of rotatable bonds is 3. The van der Waals surface area contributed by atoms with Crippen molar-refractivity contribution >= 4 is 26.4 Å². The molecule has 1 rings (SSSR count). The van der Waals surface area contributed by atoms with Crippen molar-refractivity contribution < 1.29 is 9.47 Å². The predicted molar refractivity (Wildman–Crippen MR) is 44.2 cm³/mol. The zero-order valence-electron chi connectivity index (χ0n) is 6.94. The van der Waals surface area contributed by atoms with E-state index in [0.717, 1.165) is 9.53 Å². The maximum atomic E-state index is 5.04. The van der Waals surface area contributed by atoms with Crippen LogP contribution < -0.4 is 3.84 Å². The summed E-state index contributed by atoms with van der Waals surface area (Å²) in [5.41, 5.74) is 0.766. The van der Waals surface area contributed by atoms with Gasteiger partial charge in [0.15, 0.2) is 0 Å². The maximum absolute atomic E-state index is 5.04. The molecule has 0 aliphatic carbocycles. The van der Waals surface area contributed by atoms with Gasteiger partial charge in [0.05, 0.1) is 0 Å². The third kappa shape index (κ3) is 2.39. The van der Waals surface area contributed by atoms with Gasteiger partial charge in [0.25, 0.3) is 0 Å². The average molecular weight is 272 g/mol. The van der Waals surface area contributed by atoms with Crippen LogP contribution in [-0.2, 0) is 9.47 Å². The molecule has 0 saturated heterocycles. The first-order valence-corrected chi connectivity index (χ1v) is 4.80. The summed E-state index contributed by atoms with van der Waals surface area (Å²) in [6.45, 7) is 0. The van der Waals surface area contributed by atoms with Gasteiger partial charge >= 0.3 is 84.3 Å². The summed E-state index contributed by atoms with van der Waals surface area (Å²) in [6.07, 6.45) is 1.32. The van der Waals surface area contributed by atoms with Crippen LogP contribution in [0.2, 0.25) is 0 Å². The molecule has 12 heavy (non-hydrogen) atoms. The number of aromatic nitrogens is 2. The molecule has 0 atom stereocenters. The van der Waals surface area contributed by atoms with Gasteiger partial charge in [-0.25, -0.2) is 0 Å². The number of ether oxygens (including phenoxy) is 2. The van der Waals surface area contributed by atoms with Gasteiger partial charge in [0.1, 0.15) is 0 Å². The van der Waals surface area contributed by atoms with Crippen LogP contribution in [0.5, 0.6) is 0 Å². The Bertz CT molecular complexity index is 253. The molecule has 0 saturated carbocycles. The molecule has 0 unspecified atom stereocenters. The topological polar surface area (TPSA) is 44.2 Å². The van der Waals surface area contributed by atoms with Crippen LogP contribution >= 0.6 is 0 Å². The van der Waals surface area contributed by atoms with Crippen LogP contribution in [-0.4, -0.2) is 46.7 Å². The Hall–Kier alpha value is -0.201. The Morgan fingerprint density at radius 2 is 2.08 bits per heavy atom. The standard InChI is InChI=1S/C7H9N2O2.Sn/c1-10-7(11-2)6-3-4-8-5-9-6;/h3-4,7H,1-2H3;. The van der Waals surface area contributed by atoms with E-state index in [1.165, 1.54) is 22.5 Å². The van der Waals surface area contributed by atoms with Crippen molar-refractivity contribution in [2.24, 2.45) is 0 Å². The van der Waals surface area contributed by atoms with Gasteiger partial charge in [0.2, 0.25) is 0 Å². The van der Waals surface area contributed by atoms with Gasteiger partial charge < -0.3 is 0 Å². The zero-order valence-corrected chi connectivity index (χ0v) is 9.80. The molecule has 0 aliphatic heterocycles. The summed E-state index contributed by atoms with van der Waals surface area (Å²) in [5.74, 6) is 0. The van der Waals surface area contributed by atoms with Crippen molar-refractivity contribution in [3.8, 4) is 0 Å². The monoisotopic (exact) mass is 273 g/mol. The SMILES string of the molecule is COC(OC)c1ccn[c]([Sn])n1. The van der Waals surface area contributed by atoms with E-state index in [1.54, 1.807) is 26.5 Å². The predicted octanol–water partition coefficient (Wildman–Crippen LogP) is -0.438. The molecule has 0 spiro atoms.